The highest BCUT2D eigenvalue weighted by atomic mass is 16.5. The highest BCUT2D eigenvalue weighted by Crippen LogP contribution is 2.25. The SMILES string of the molecule is C[C@@H](NC(=O)c1cc(COc2cccc3cnccc23)on1)c1cnn(-c2ccccc2)c1. The lowest BCUT2D eigenvalue weighted by atomic mass is 10.1. The molecule has 8 heteroatoms. The molecule has 5 aromatic rings. The van der Waals surface area contributed by atoms with Gasteiger partial charge in [-0.3, -0.25) is 9.78 Å². The first kappa shape index (κ1) is 20.4. The zero-order valence-corrected chi connectivity index (χ0v) is 17.9. The topological polar surface area (TPSA) is 95.1 Å². The molecule has 0 saturated heterocycles. The van der Waals surface area contributed by atoms with E-state index in [0.29, 0.717) is 11.5 Å². The van der Waals surface area contributed by atoms with Gasteiger partial charge in [-0.05, 0) is 31.2 Å². The molecule has 0 saturated carbocycles. The van der Waals surface area contributed by atoms with E-state index in [1.165, 1.54) is 0 Å². The summed E-state index contributed by atoms with van der Waals surface area (Å²) in [5.41, 5.74) is 2.02. The van der Waals surface area contributed by atoms with Crippen LogP contribution in [0.25, 0.3) is 16.5 Å². The van der Waals surface area contributed by atoms with Gasteiger partial charge in [0.15, 0.2) is 11.5 Å². The van der Waals surface area contributed by atoms with Crippen LogP contribution < -0.4 is 10.1 Å². The van der Waals surface area contributed by atoms with E-state index in [1.54, 1.807) is 29.3 Å². The van der Waals surface area contributed by atoms with Crippen LogP contribution in [0.15, 0.2) is 90.0 Å². The minimum atomic E-state index is -0.332. The summed E-state index contributed by atoms with van der Waals surface area (Å²) < 4.78 is 13.0. The molecule has 0 radical (unpaired) electrons. The Balaban J connectivity index is 1.22. The molecule has 0 aliphatic heterocycles. The zero-order valence-electron chi connectivity index (χ0n) is 17.9. The number of carbonyl (C=O) groups is 1. The predicted octanol–water partition coefficient (Wildman–Crippen LogP) is 4.48. The number of benzene rings is 2. The van der Waals surface area contributed by atoms with Crippen molar-refractivity contribution in [3.8, 4) is 11.4 Å². The van der Waals surface area contributed by atoms with E-state index < -0.39 is 0 Å². The van der Waals surface area contributed by atoms with Gasteiger partial charge >= 0.3 is 0 Å². The molecule has 0 aliphatic carbocycles. The number of hydrogen-bond donors (Lipinski definition) is 1. The first-order valence-electron chi connectivity index (χ1n) is 10.5. The Hall–Kier alpha value is -4.46. The van der Waals surface area contributed by atoms with Gasteiger partial charge in [-0.25, -0.2) is 4.68 Å². The molecular weight excluding hydrogens is 418 g/mol. The maximum Gasteiger partial charge on any atom is 0.273 e. The van der Waals surface area contributed by atoms with Crippen molar-refractivity contribution in [3.63, 3.8) is 0 Å². The van der Waals surface area contributed by atoms with Gasteiger partial charge in [0.1, 0.15) is 12.4 Å². The first-order valence-corrected chi connectivity index (χ1v) is 10.5. The van der Waals surface area contributed by atoms with Crippen molar-refractivity contribution in [2.45, 2.75) is 19.6 Å². The summed E-state index contributed by atoms with van der Waals surface area (Å²) in [6.45, 7) is 2.05. The molecule has 0 aliphatic rings. The molecule has 3 heterocycles. The van der Waals surface area contributed by atoms with Gasteiger partial charge < -0.3 is 14.6 Å². The summed E-state index contributed by atoms with van der Waals surface area (Å²) in [7, 11) is 0. The Morgan fingerprint density at radius 2 is 2.00 bits per heavy atom. The Bertz CT molecular complexity index is 1390. The average molecular weight is 439 g/mol. The molecule has 1 atom stereocenters. The molecule has 0 unspecified atom stereocenters. The lowest BCUT2D eigenvalue weighted by molar-refractivity contribution is 0.0930. The summed E-state index contributed by atoms with van der Waals surface area (Å²) in [6, 6.07) is 18.8. The van der Waals surface area contributed by atoms with Crippen LogP contribution in [0.3, 0.4) is 0 Å². The van der Waals surface area contributed by atoms with E-state index >= 15 is 0 Å². The average Bonchev–Trinajstić information content (AvgIpc) is 3.54. The van der Waals surface area contributed by atoms with Crippen molar-refractivity contribution >= 4 is 16.7 Å². The van der Waals surface area contributed by atoms with Crippen molar-refractivity contribution in [2.24, 2.45) is 0 Å². The molecule has 8 nitrogen and oxygen atoms in total. The summed E-state index contributed by atoms with van der Waals surface area (Å²) in [4.78, 5) is 16.8. The number of hydrogen-bond acceptors (Lipinski definition) is 6. The number of pyridine rings is 1. The summed E-state index contributed by atoms with van der Waals surface area (Å²) >= 11 is 0. The number of para-hydroxylation sites is 1. The number of ether oxygens (including phenoxy) is 1. The second kappa shape index (κ2) is 8.96. The van der Waals surface area contributed by atoms with Crippen LogP contribution in [0.2, 0.25) is 0 Å². The highest BCUT2D eigenvalue weighted by molar-refractivity contribution is 5.92. The molecule has 2 aromatic carbocycles. The number of aromatic nitrogens is 4. The van der Waals surface area contributed by atoms with Crippen LogP contribution >= 0.6 is 0 Å². The quantitative estimate of drug-likeness (QED) is 0.402. The largest absolute Gasteiger partial charge is 0.485 e. The standard InChI is InChI=1S/C25H21N5O3/c1-17(19-14-27-30(15-19)20-7-3-2-4-8-20)28-25(31)23-12-21(33-29-23)16-32-24-9-5-6-18-13-26-11-10-22(18)24/h2-15,17H,16H2,1H3,(H,28,31)/t17-/m1/s1. The number of fused-ring (bicyclic) bond motifs is 1. The van der Waals surface area contributed by atoms with Crippen LogP contribution in [-0.2, 0) is 6.61 Å². The van der Waals surface area contributed by atoms with Gasteiger partial charge in [-0.15, -0.1) is 0 Å². The van der Waals surface area contributed by atoms with Crippen LogP contribution in [-0.4, -0.2) is 25.8 Å². The number of carbonyl (C=O) groups excluding carboxylic acids is 1. The molecule has 164 valence electrons. The Labute approximate surface area is 189 Å². The van der Waals surface area contributed by atoms with Gasteiger partial charge in [-0.1, -0.05) is 35.5 Å². The third-order valence-corrected chi connectivity index (χ3v) is 5.27. The van der Waals surface area contributed by atoms with Crippen LogP contribution in [0.1, 0.15) is 34.8 Å². The Morgan fingerprint density at radius 3 is 2.88 bits per heavy atom. The van der Waals surface area contributed by atoms with Crippen molar-refractivity contribution in [1.29, 1.82) is 0 Å². The Kier molecular flexibility index (Phi) is 5.55. The van der Waals surface area contributed by atoms with Crippen molar-refractivity contribution in [2.75, 3.05) is 0 Å². The third kappa shape index (κ3) is 4.45. The second-order valence-electron chi connectivity index (χ2n) is 7.57. The zero-order chi connectivity index (χ0) is 22.6. The predicted molar refractivity (Wildman–Crippen MR) is 122 cm³/mol. The molecule has 0 fully saturated rings. The van der Waals surface area contributed by atoms with E-state index in [9.17, 15) is 4.79 Å². The smallest absolute Gasteiger partial charge is 0.273 e. The van der Waals surface area contributed by atoms with Crippen molar-refractivity contribution in [1.82, 2.24) is 25.2 Å². The van der Waals surface area contributed by atoms with Crippen LogP contribution in [0.4, 0.5) is 0 Å². The van der Waals surface area contributed by atoms with Gasteiger partial charge in [0.05, 0.1) is 17.9 Å². The molecule has 3 aromatic heterocycles. The highest BCUT2D eigenvalue weighted by Gasteiger charge is 2.17. The van der Waals surface area contributed by atoms with Gasteiger partial charge in [0, 0.05) is 41.0 Å². The molecular formula is C25H21N5O3. The second-order valence-corrected chi connectivity index (χ2v) is 7.57. The number of nitrogens with one attached hydrogen (secondary N) is 1. The number of rotatable bonds is 7. The molecule has 5 rings (SSSR count). The van der Waals surface area contributed by atoms with E-state index in [4.69, 9.17) is 9.26 Å². The fraction of sp³-hybridized carbons (Fsp3) is 0.120. The van der Waals surface area contributed by atoms with Crippen molar-refractivity contribution < 1.29 is 14.1 Å². The molecule has 1 amide bonds. The molecule has 0 spiro atoms. The molecule has 0 bridgehead atoms. The molecule has 33 heavy (non-hydrogen) atoms. The van der Waals surface area contributed by atoms with Gasteiger partial charge in [0.25, 0.3) is 5.91 Å². The van der Waals surface area contributed by atoms with E-state index in [1.807, 2.05) is 67.7 Å². The maximum absolute atomic E-state index is 12.7. The first-order chi connectivity index (χ1) is 16.2. The fourth-order valence-electron chi connectivity index (χ4n) is 3.49. The minimum Gasteiger partial charge on any atom is -0.485 e. The van der Waals surface area contributed by atoms with Gasteiger partial charge in [0.2, 0.25) is 0 Å². The Morgan fingerprint density at radius 1 is 1.12 bits per heavy atom. The molecule has 1 N–H and O–H groups in total. The van der Waals surface area contributed by atoms with E-state index in [-0.39, 0.29) is 24.2 Å². The fourth-order valence-corrected chi connectivity index (χ4v) is 3.49. The normalized spacial score (nSPS) is 11.9. The lowest BCUT2D eigenvalue weighted by Gasteiger charge is -2.10. The minimum absolute atomic E-state index is 0.154. The van der Waals surface area contributed by atoms with Crippen LogP contribution in [0, 0.1) is 0 Å². The van der Waals surface area contributed by atoms with Crippen molar-refractivity contribution in [3.05, 3.63) is 102 Å². The van der Waals surface area contributed by atoms with Gasteiger partial charge in [-0.2, -0.15) is 5.10 Å². The lowest BCUT2D eigenvalue weighted by Crippen LogP contribution is -2.26. The van der Waals surface area contributed by atoms with E-state index in [2.05, 4.69) is 20.6 Å². The third-order valence-electron chi connectivity index (χ3n) is 5.27. The summed E-state index contributed by atoms with van der Waals surface area (Å²) in [6.07, 6.45) is 7.13. The maximum atomic E-state index is 12.7. The van der Waals surface area contributed by atoms with Crippen LogP contribution in [0.5, 0.6) is 5.75 Å². The summed E-state index contributed by atoms with van der Waals surface area (Å²) in [5.74, 6) is 0.832. The van der Waals surface area contributed by atoms with E-state index in [0.717, 1.165) is 22.0 Å². The monoisotopic (exact) mass is 439 g/mol. The number of amides is 1. The summed E-state index contributed by atoms with van der Waals surface area (Å²) in [5, 5.41) is 13.1. The number of nitrogens with zero attached hydrogens (tertiary/aromatic N) is 4.